The first-order valence-electron chi connectivity index (χ1n) is 8.61. The topological polar surface area (TPSA) is 23.6 Å². The normalized spacial score (nSPS) is 14.6. The molecule has 4 heteroatoms. The van der Waals surface area contributed by atoms with Gasteiger partial charge in [-0.25, -0.2) is 0 Å². The Balaban J connectivity index is 2.03. The van der Waals surface area contributed by atoms with Crippen LogP contribution < -0.4 is 4.90 Å². The van der Waals surface area contributed by atoms with Crippen LogP contribution in [0.4, 0.5) is 11.4 Å². The first-order valence-corrected chi connectivity index (χ1v) is 8.99. The van der Waals surface area contributed by atoms with Crippen molar-refractivity contribution in [1.29, 1.82) is 0 Å². The lowest BCUT2D eigenvalue weighted by Gasteiger charge is -2.34. The minimum absolute atomic E-state index is 0.0703. The lowest BCUT2D eigenvalue weighted by molar-refractivity contribution is -0.127. The molecule has 0 radical (unpaired) electrons. The third-order valence-corrected chi connectivity index (χ3v) is 5.20. The van der Waals surface area contributed by atoms with Crippen LogP contribution in [-0.4, -0.2) is 30.4 Å². The Bertz CT molecular complexity index is 815. The number of nitrogens with zero attached hydrogens (tertiary/aromatic N) is 2. The fourth-order valence-corrected chi connectivity index (χ4v) is 3.30. The van der Waals surface area contributed by atoms with Gasteiger partial charge in [-0.05, 0) is 43.2 Å². The van der Waals surface area contributed by atoms with Gasteiger partial charge in [0, 0.05) is 24.4 Å². The largest absolute Gasteiger partial charge is 0.339 e. The molecule has 0 spiro atoms. The Morgan fingerprint density at radius 2 is 1.80 bits per heavy atom. The van der Waals surface area contributed by atoms with Crippen molar-refractivity contribution in [3.05, 3.63) is 64.7 Å². The Morgan fingerprint density at radius 1 is 1.16 bits per heavy atom. The second-order valence-corrected chi connectivity index (χ2v) is 6.85. The molecule has 130 valence electrons. The molecule has 1 amide bonds. The minimum Gasteiger partial charge on any atom is -0.339 e. The number of amides is 1. The van der Waals surface area contributed by atoms with Crippen LogP contribution in [0.2, 0.25) is 5.02 Å². The summed E-state index contributed by atoms with van der Waals surface area (Å²) in [6.45, 7) is 4.68. The summed E-state index contributed by atoms with van der Waals surface area (Å²) in [7, 11) is 1.87. The number of para-hydroxylation sites is 2. The number of benzene rings is 2. The van der Waals surface area contributed by atoms with E-state index in [1.165, 1.54) is 0 Å². The molecule has 2 aromatic carbocycles. The van der Waals surface area contributed by atoms with Crippen LogP contribution in [0.5, 0.6) is 0 Å². The number of fused-ring (bicyclic) bond motifs is 1. The van der Waals surface area contributed by atoms with E-state index in [9.17, 15) is 4.79 Å². The van der Waals surface area contributed by atoms with E-state index in [-0.39, 0.29) is 11.9 Å². The number of likely N-dealkylation sites (N-methyl/N-ethyl adjacent to an activating group) is 1. The van der Waals surface area contributed by atoms with E-state index in [4.69, 9.17) is 11.6 Å². The number of hydrogen-bond donors (Lipinski definition) is 0. The maximum absolute atomic E-state index is 13.0. The first-order chi connectivity index (χ1) is 12.0. The van der Waals surface area contributed by atoms with Crippen molar-refractivity contribution in [3.63, 3.8) is 0 Å². The van der Waals surface area contributed by atoms with E-state index in [2.05, 4.69) is 24.8 Å². The van der Waals surface area contributed by atoms with Gasteiger partial charge in [0.1, 0.15) is 0 Å². The molecule has 3 nitrogen and oxygen atoms in total. The predicted molar refractivity (Wildman–Crippen MR) is 105 cm³/mol. The van der Waals surface area contributed by atoms with Gasteiger partial charge in [-0.3, -0.25) is 4.79 Å². The van der Waals surface area contributed by atoms with Crippen molar-refractivity contribution in [3.8, 4) is 0 Å². The highest BCUT2D eigenvalue weighted by Gasteiger charge is 2.26. The Morgan fingerprint density at radius 3 is 2.48 bits per heavy atom. The fourth-order valence-electron chi connectivity index (χ4n) is 3.06. The van der Waals surface area contributed by atoms with Crippen LogP contribution in [0.25, 0.3) is 6.08 Å². The van der Waals surface area contributed by atoms with Crippen LogP contribution in [0.3, 0.4) is 0 Å². The summed E-state index contributed by atoms with van der Waals surface area (Å²) in [5, 5.41) is 0.682. The number of halogens is 1. The summed E-state index contributed by atoms with van der Waals surface area (Å²) in [5.74, 6) is 0.0703. The van der Waals surface area contributed by atoms with Crippen LogP contribution in [0.15, 0.2) is 54.1 Å². The van der Waals surface area contributed by atoms with Gasteiger partial charge in [0.15, 0.2) is 0 Å². The molecule has 1 aliphatic heterocycles. The van der Waals surface area contributed by atoms with Crippen molar-refractivity contribution in [2.24, 2.45) is 0 Å². The van der Waals surface area contributed by atoms with Crippen molar-refractivity contribution >= 4 is 35.0 Å². The van der Waals surface area contributed by atoms with Gasteiger partial charge in [-0.2, -0.15) is 0 Å². The number of hydrogen-bond acceptors (Lipinski definition) is 2. The molecule has 0 N–H and O–H groups in total. The highest BCUT2D eigenvalue weighted by atomic mass is 35.5. The van der Waals surface area contributed by atoms with Crippen molar-refractivity contribution in [1.82, 2.24) is 4.90 Å². The third kappa shape index (κ3) is 3.42. The van der Waals surface area contributed by atoms with Gasteiger partial charge in [-0.1, -0.05) is 48.9 Å². The van der Waals surface area contributed by atoms with Crippen molar-refractivity contribution < 1.29 is 4.79 Å². The number of carbonyl (C=O) groups excluding carboxylic acids is 1. The van der Waals surface area contributed by atoms with Gasteiger partial charge >= 0.3 is 0 Å². The van der Waals surface area contributed by atoms with Gasteiger partial charge < -0.3 is 9.80 Å². The second-order valence-electron chi connectivity index (χ2n) is 6.44. The van der Waals surface area contributed by atoms with Crippen molar-refractivity contribution in [2.75, 3.05) is 18.5 Å². The highest BCUT2D eigenvalue weighted by molar-refractivity contribution is 6.33. The molecule has 0 fully saturated rings. The Kier molecular flexibility index (Phi) is 5.14. The molecular weight excluding hydrogens is 332 g/mol. The molecule has 0 saturated carbocycles. The SMILES string of the molecule is CCC(C)N(C)C(=O)C1=Cc2ccccc2N(c2ccccc2Cl)C1. The van der Waals surface area contributed by atoms with Crippen molar-refractivity contribution in [2.45, 2.75) is 26.3 Å². The molecule has 0 aromatic heterocycles. The van der Waals surface area contributed by atoms with Gasteiger partial charge in [-0.15, -0.1) is 0 Å². The van der Waals surface area contributed by atoms with Gasteiger partial charge in [0.25, 0.3) is 5.91 Å². The number of rotatable bonds is 4. The molecule has 0 aliphatic carbocycles. The monoisotopic (exact) mass is 354 g/mol. The molecule has 1 atom stereocenters. The van der Waals surface area contributed by atoms with E-state index < -0.39 is 0 Å². The molecule has 0 saturated heterocycles. The zero-order valence-corrected chi connectivity index (χ0v) is 15.6. The molecule has 1 heterocycles. The number of carbonyl (C=O) groups is 1. The summed E-state index contributed by atoms with van der Waals surface area (Å²) in [6.07, 6.45) is 2.93. The molecule has 0 bridgehead atoms. The standard InChI is InChI=1S/C21H23ClN2O/c1-4-15(2)23(3)21(25)17-13-16-9-5-7-11-19(16)24(14-17)20-12-8-6-10-18(20)22/h5-13,15H,4,14H2,1-3H3. The quantitative estimate of drug-likeness (QED) is 0.759. The molecule has 25 heavy (non-hydrogen) atoms. The van der Waals surface area contributed by atoms with Crippen LogP contribution in [0, 0.1) is 0 Å². The van der Waals surface area contributed by atoms with Gasteiger partial charge in [0.05, 0.1) is 17.3 Å². The van der Waals surface area contributed by atoms with Crippen LogP contribution in [-0.2, 0) is 4.79 Å². The smallest absolute Gasteiger partial charge is 0.251 e. The first kappa shape index (κ1) is 17.6. The summed E-state index contributed by atoms with van der Waals surface area (Å²) >= 11 is 6.43. The molecular formula is C21H23ClN2O. The summed E-state index contributed by atoms with van der Waals surface area (Å²) in [6, 6.07) is 16.1. The maximum atomic E-state index is 13.0. The second kappa shape index (κ2) is 7.32. The molecule has 2 aromatic rings. The minimum atomic E-state index is 0.0703. The van der Waals surface area contributed by atoms with E-state index in [0.717, 1.165) is 28.9 Å². The molecule has 3 rings (SSSR count). The van der Waals surface area contributed by atoms with E-state index >= 15 is 0 Å². The Hall–Kier alpha value is -2.26. The molecule has 1 aliphatic rings. The summed E-state index contributed by atoms with van der Waals surface area (Å²) in [4.78, 5) is 16.9. The lowest BCUT2D eigenvalue weighted by Crippen LogP contribution is -2.39. The zero-order chi connectivity index (χ0) is 18.0. The maximum Gasteiger partial charge on any atom is 0.251 e. The summed E-state index contributed by atoms with van der Waals surface area (Å²) in [5.41, 5.74) is 3.80. The van der Waals surface area contributed by atoms with Gasteiger partial charge in [0.2, 0.25) is 0 Å². The predicted octanol–water partition coefficient (Wildman–Crippen LogP) is 5.13. The zero-order valence-electron chi connectivity index (χ0n) is 14.9. The third-order valence-electron chi connectivity index (χ3n) is 4.88. The van der Waals surface area contributed by atoms with Crippen LogP contribution >= 0.6 is 11.6 Å². The van der Waals surface area contributed by atoms with E-state index in [0.29, 0.717) is 11.6 Å². The average molecular weight is 355 g/mol. The average Bonchev–Trinajstić information content (AvgIpc) is 2.65. The summed E-state index contributed by atoms with van der Waals surface area (Å²) < 4.78 is 0. The number of anilines is 2. The molecule has 1 unspecified atom stereocenters. The van der Waals surface area contributed by atoms with E-state index in [1.54, 1.807) is 0 Å². The van der Waals surface area contributed by atoms with E-state index in [1.807, 2.05) is 60.5 Å². The highest BCUT2D eigenvalue weighted by Crippen LogP contribution is 2.38. The Labute approximate surface area is 154 Å². The van der Waals surface area contributed by atoms with Crippen LogP contribution in [0.1, 0.15) is 25.8 Å². The fraction of sp³-hybridized carbons (Fsp3) is 0.286. The lowest BCUT2D eigenvalue weighted by atomic mass is 10.00.